The van der Waals surface area contributed by atoms with E-state index < -0.39 is 5.60 Å². The number of phenols is 1. The molecule has 42 heavy (non-hydrogen) atoms. The molecule has 11 nitrogen and oxygen atoms in total. The van der Waals surface area contributed by atoms with Crippen molar-refractivity contribution >= 4 is 17.9 Å². The number of hydrogen-bond donors (Lipinski definition) is 4. The van der Waals surface area contributed by atoms with E-state index in [9.17, 15) is 15.2 Å². The topological polar surface area (TPSA) is 151 Å². The van der Waals surface area contributed by atoms with Crippen molar-refractivity contribution in [3.05, 3.63) is 29.5 Å². The molecule has 4 bridgehead atoms. The number of carbonyl (C=O) groups is 1. The van der Waals surface area contributed by atoms with Gasteiger partial charge in [0, 0.05) is 19.1 Å². The average Bonchev–Trinajstić information content (AvgIpc) is 2.93. The van der Waals surface area contributed by atoms with Gasteiger partial charge in [-0.3, -0.25) is 0 Å². The maximum atomic E-state index is 12.6. The summed E-state index contributed by atoms with van der Waals surface area (Å²) in [6.45, 7) is 6.92. The molecule has 1 heterocycles. The van der Waals surface area contributed by atoms with Crippen LogP contribution in [0, 0.1) is 34.5 Å². The molecule has 0 saturated heterocycles. The Bertz CT molecular complexity index is 1310. The first-order valence-electron chi connectivity index (χ1n) is 14.7. The van der Waals surface area contributed by atoms with Gasteiger partial charge in [0.05, 0.1) is 20.4 Å². The fourth-order valence-corrected chi connectivity index (χ4v) is 7.45. The number of nitrogens with one attached hydrogen (secondary N) is 3. The van der Waals surface area contributed by atoms with Crippen molar-refractivity contribution in [3.8, 4) is 23.3 Å². The number of aromatic nitrogens is 2. The van der Waals surface area contributed by atoms with E-state index in [2.05, 4.69) is 32.0 Å². The van der Waals surface area contributed by atoms with Gasteiger partial charge >= 0.3 is 6.09 Å². The Balaban J connectivity index is 1.21. The number of nitrogens with zero attached hydrogens (tertiary/aromatic N) is 3. The molecule has 0 radical (unpaired) electrons. The average molecular weight is 579 g/mol. The van der Waals surface area contributed by atoms with Crippen LogP contribution in [0.5, 0.6) is 17.2 Å². The van der Waals surface area contributed by atoms with Gasteiger partial charge < -0.3 is 35.3 Å². The molecule has 4 N–H and O–H groups in total. The van der Waals surface area contributed by atoms with Crippen LogP contribution in [-0.2, 0) is 11.2 Å². The second kappa shape index (κ2) is 11.7. The second-order valence-corrected chi connectivity index (χ2v) is 13.1. The number of ether oxygens (including phenoxy) is 3. The molecule has 2 aromatic rings. The van der Waals surface area contributed by atoms with E-state index in [0.717, 1.165) is 44.2 Å². The quantitative estimate of drug-likeness (QED) is 0.308. The highest BCUT2D eigenvalue weighted by Gasteiger charge is 2.55. The van der Waals surface area contributed by atoms with Crippen LogP contribution in [0.15, 0.2) is 18.3 Å². The van der Waals surface area contributed by atoms with Gasteiger partial charge in [0.1, 0.15) is 23.1 Å². The Morgan fingerprint density at radius 3 is 2.38 bits per heavy atom. The first-order valence-corrected chi connectivity index (χ1v) is 14.7. The third-order valence-corrected chi connectivity index (χ3v) is 8.86. The lowest BCUT2D eigenvalue weighted by molar-refractivity contribution is -0.0703. The molecular formula is C31H42N6O5. The van der Waals surface area contributed by atoms with Crippen LogP contribution in [0.3, 0.4) is 0 Å². The lowest BCUT2D eigenvalue weighted by Gasteiger charge is -2.60. The Labute approximate surface area is 247 Å². The van der Waals surface area contributed by atoms with Gasteiger partial charge in [0.25, 0.3) is 0 Å². The summed E-state index contributed by atoms with van der Waals surface area (Å²) in [4.78, 5) is 21.5. The smallest absolute Gasteiger partial charge is 0.407 e. The second-order valence-electron chi connectivity index (χ2n) is 13.1. The lowest BCUT2D eigenvalue weighted by atomic mass is 9.48. The minimum absolute atomic E-state index is 0.0308. The minimum atomic E-state index is -0.516. The van der Waals surface area contributed by atoms with Crippen LogP contribution in [0.25, 0.3) is 0 Å². The normalized spacial score (nSPS) is 25.8. The van der Waals surface area contributed by atoms with Gasteiger partial charge in [-0.1, -0.05) is 0 Å². The van der Waals surface area contributed by atoms with Gasteiger partial charge in [0.2, 0.25) is 11.7 Å². The highest BCUT2D eigenvalue weighted by molar-refractivity contribution is 5.68. The number of alkyl carbamates (subject to hydrolysis) is 1. The van der Waals surface area contributed by atoms with Gasteiger partial charge in [-0.15, -0.1) is 0 Å². The van der Waals surface area contributed by atoms with E-state index in [1.165, 1.54) is 14.2 Å². The van der Waals surface area contributed by atoms with E-state index in [0.29, 0.717) is 59.5 Å². The Morgan fingerprint density at radius 2 is 1.79 bits per heavy atom. The predicted octanol–water partition coefficient (Wildman–Crippen LogP) is 4.86. The third-order valence-electron chi connectivity index (χ3n) is 8.86. The number of anilines is 2. The molecular weight excluding hydrogens is 536 g/mol. The zero-order valence-electron chi connectivity index (χ0n) is 25.1. The number of aromatic hydroxyl groups is 1. The first kappa shape index (κ1) is 29.5. The van der Waals surface area contributed by atoms with E-state index in [1.807, 2.05) is 20.8 Å². The molecule has 1 aromatic carbocycles. The zero-order valence-corrected chi connectivity index (χ0v) is 25.1. The van der Waals surface area contributed by atoms with Crippen LogP contribution < -0.4 is 25.4 Å². The molecule has 4 aliphatic rings. The summed E-state index contributed by atoms with van der Waals surface area (Å²) in [6.07, 6.45) is 7.34. The van der Waals surface area contributed by atoms with Crippen LogP contribution in [0.4, 0.5) is 16.6 Å². The van der Waals surface area contributed by atoms with Gasteiger partial charge in [-0.25, -0.2) is 9.78 Å². The first-order chi connectivity index (χ1) is 20.0. The SMILES string of the molecule is COc1cc(CCNc2ncc(C#N)c(NC[C@]34CC5C[C@H](C3)[C@@H](NC(=O)OC(C)(C)C)[C@@H](C5)C4)n2)cc(OC)c1O. The summed E-state index contributed by atoms with van der Waals surface area (Å²) in [5.41, 5.74) is 0.924. The predicted molar refractivity (Wildman–Crippen MR) is 158 cm³/mol. The molecule has 4 aliphatic carbocycles. The van der Waals surface area contributed by atoms with Crippen LogP contribution >= 0.6 is 0 Å². The van der Waals surface area contributed by atoms with Crippen LogP contribution in [0.2, 0.25) is 0 Å². The van der Waals surface area contributed by atoms with E-state index in [-0.39, 0.29) is 23.3 Å². The van der Waals surface area contributed by atoms with Crippen molar-refractivity contribution in [2.45, 2.75) is 70.9 Å². The summed E-state index contributed by atoms with van der Waals surface area (Å²) in [5.74, 6) is 3.15. The molecule has 226 valence electrons. The van der Waals surface area contributed by atoms with Crippen LogP contribution in [-0.4, -0.2) is 60.1 Å². The van der Waals surface area contributed by atoms with Gasteiger partial charge in [0.15, 0.2) is 11.5 Å². The largest absolute Gasteiger partial charge is 0.502 e. The molecule has 1 unspecified atom stereocenters. The molecule has 4 saturated carbocycles. The number of benzene rings is 1. The molecule has 11 heteroatoms. The summed E-state index contributed by atoms with van der Waals surface area (Å²) in [6, 6.07) is 5.91. The molecule has 6 rings (SSSR count). The standard InChI is InChI=1S/C31H42N6O5/c1-30(2,3)42-29(39)36-25-20-8-19-9-21(25)14-31(12-19,13-20)17-35-27-22(15-32)16-34-28(37-27)33-7-6-18-10-23(40-4)26(38)24(11-18)41-5/h10-11,16,19-21,25,38H,6-9,12-14,17H2,1-5H3,(H,36,39)(H2,33,34,35,37)/t19?,20-,21+,25-,31-. The van der Waals surface area contributed by atoms with Crippen molar-refractivity contribution in [1.29, 1.82) is 5.26 Å². The molecule has 4 fully saturated rings. The third kappa shape index (κ3) is 6.42. The number of rotatable bonds is 10. The van der Waals surface area contributed by atoms with Crippen molar-refractivity contribution in [2.75, 3.05) is 37.9 Å². The van der Waals surface area contributed by atoms with Gasteiger partial charge in [-0.2, -0.15) is 10.2 Å². The summed E-state index contributed by atoms with van der Waals surface area (Å²) in [5, 5.41) is 29.8. The fraction of sp³-hybridized carbons (Fsp3) is 0.613. The monoisotopic (exact) mass is 578 g/mol. The minimum Gasteiger partial charge on any atom is -0.502 e. The van der Waals surface area contributed by atoms with Crippen molar-refractivity contribution in [3.63, 3.8) is 0 Å². The highest BCUT2D eigenvalue weighted by Crippen LogP contribution is 2.60. The summed E-state index contributed by atoms with van der Waals surface area (Å²) >= 11 is 0. The highest BCUT2D eigenvalue weighted by atomic mass is 16.6. The summed E-state index contributed by atoms with van der Waals surface area (Å²) in [7, 11) is 3.00. The van der Waals surface area contributed by atoms with Crippen molar-refractivity contribution < 1.29 is 24.1 Å². The zero-order chi connectivity index (χ0) is 30.1. The van der Waals surface area contributed by atoms with E-state index in [4.69, 9.17) is 14.2 Å². The lowest BCUT2D eigenvalue weighted by Crippen LogP contribution is -2.60. The van der Waals surface area contributed by atoms with E-state index >= 15 is 0 Å². The molecule has 0 spiro atoms. The van der Waals surface area contributed by atoms with Gasteiger partial charge in [-0.05, 0) is 100 Å². The Morgan fingerprint density at radius 1 is 1.12 bits per heavy atom. The molecule has 1 amide bonds. The van der Waals surface area contributed by atoms with Crippen molar-refractivity contribution in [2.24, 2.45) is 23.2 Å². The maximum Gasteiger partial charge on any atom is 0.407 e. The molecule has 1 aromatic heterocycles. The number of carbonyl (C=O) groups excluding carboxylic acids is 1. The maximum absolute atomic E-state index is 12.6. The van der Waals surface area contributed by atoms with E-state index in [1.54, 1.807) is 18.3 Å². The number of amides is 1. The number of nitriles is 1. The molecule has 5 atom stereocenters. The van der Waals surface area contributed by atoms with Crippen LogP contribution in [0.1, 0.15) is 64.0 Å². The summed E-state index contributed by atoms with van der Waals surface area (Å²) < 4.78 is 16.1. The van der Waals surface area contributed by atoms with Crippen molar-refractivity contribution in [1.82, 2.24) is 15.3 Å². The Hall–Kier alpha value is -3.94. The number of phenolic OH excluding ortho intramolecular Hbond substituents is 1. The number of methoxy groups -OCH3 is 2. The molecule has 0 aliphatic heterocycles. The fourth-order valence-electron chi connectivity index (χ4n) is 7.45. The Kier molecular flexibility index (Phi) is 8.26. The number of hydrogen-bond acceptors (Lipinski definition) is 10.